The smallest absolute Gasteiger partial charge is 0.0750 e. The normalized spacial score (nSPS) is 12.0. The summed E-state index contributed by atoms with van der Waals surface area (Å²) in [6.07, 6.45) is 0. The van der Waals surface area contributed by atoms with Crippen LogP contribution in [0, 0.1) is 0 Å². The number of aliphatic hydroxyl groups is 1. The van der Waals surface area contributed by atoms with Gasteiger partial charge in [0.15, 0.2) is 0 Å². The molecule has 0 bridgehead atoms. The van der Waals surface area contributed by atoms with Crippen LogP contribution in [0.4, 0.5) is 0 Å². The molecule has 86 valence electrons. The van der Waals surface area contributed by atoms with E-state index in [-0.39, 0.29) is 12.2 Å². The number of hydrogen-bond acceptors (Lipinski definition) is 4. The summed E-state index contributed by atoms with van der Waals surface area (Å²) in [6.45, 7) is 9.56. The SMILES string of the molecule is CCOC(C)(C)CNCCOCCO. The van der Waals surface area contributed by atoms with Crippen molar-refractivity contribution in [1.29, 1.82) is 0 Å². The van der Waals surface area contributed by atoms with Crippen LogP contribution in [0.15, 0.2) is 0 Å². The standard InChI is InChI=1S/C10H23NO3/c1-4-14-10(2,3)9-11-5-7-13-8-6-12/h11-12H,4-9H2,1-3H3. The first-order valence-electron chi connectivity index (χ1n) is 5.15. The van der Waals surface area contributed by atoms with E-state index >= 15 is 0 Å². The van der Waals surface area contributed by atoms with Gasteiger partial charge in [0.25, 0.3) is 0 Å². The van der Waals surface area contributed by atoms with Gasteiger partial charge in [0.2, 0.25) is 0 Å². The average molecular weight is 205 g/mol. The quantitative estimate of drug-likeness (QED) is 0.535. The molecule has 0 aliphatic heterocycles. The van der Waals surface area contributed by atoms with E-state index in [2.05, 4.69) is 19.2 Å². The lowest BCUT2D eigenvalue weighted by atomic mass is 10.1. The molecule has 0 saturated carbocycles. The Morgan fingerprint density at radius 3 is 2.57 bits per heavy atom. The summed E-state index contributed by atoms with van der Waals surface area (Å²) in [5, 5.41) is 11.7. The zero-order valence-corrected chi connectivity index (χ0v) is 9.51. The van der Waals surface area contributed by atoms with Crippen LogP contribution in [0.5, 0.6) is 0 Å². The summed E-state index contributed by atoms with van der Waals surface area (Å²) in [5.74, 6) is 0. The van der Waals surface area contributed by atoms with Gasteiger partial charge in [-0.25, -0.2) is 0 Å². The molecule has 0 aromatic rings. The highest BCUT2D eigenvalue weighted by molar-refractivity contribution is 4.71. The van der Waals surface area contributed by atoms with Crippen molar-refractivity contribution in [2.24, 2.45) is 0 Å². The van der Waals surface area contributed by atoms with Gasteiger partial charge < -0.3 is 19.9 Å². The molecule has 0 aromatic carbocycles. The molecule has 14 heavy (non-hydrogen) atoms. The third-order valence-electron chi connectivity index (χ3n) is 1.74. The Morgan fingerprint density at radius 1 is 1.29 bits per heavy atom. The van der Waals surface area contributed by atoms with Crippen molar-refractivity contribution in [2.75, 3.05) is 39.5 Å². The van der Waals surface area contributed by atoms with Crippen molar-refractivity contribution in [3.8, 4) is 0 Å². The van der Waals surface area contributed by atoms with Crippen molar-refractivity contribution in [3.63, 3.8) is 0 Å². The van der Waals surface area contributed by atoms with E-state index in [0.717, 1.165) is 19.7 Å². The van der Waals surface area contributed by atoms with Crippen molar-refractivity contribution in [3.05, 3.63) is 0 Å². The third-order valence-corrected chi connectivity index (χ3v) is 1.74. The summed E-state index contributed by atoms with van der Waals surface area (Å²) < 4.78 is 10.6. The second-order valence-electron chi connectivity index (χ2n) is 3.71. The third kappa shape index (κ3) is 8.44. The lowest BCUT2D eigenvalue weighted by molar-refractivity contribution is -0.0101. The minimum absolute atomic E-state index is 0.0877. The number of hydrogen-bond donors (Lipinski definition) is 2. The zero-order valence-electron chi connectivity index (χ0n) is 9.51. The van der Waals surface area contributed by atoms with Crippen LogP contribution in [-0.4, -0.2) is 50.2 Å². The summed E-state index contributed by atoms with van der Waals surface area (Å²) in [5.41, 5.74) is -0.119. The number of rotatable bonds is 9. The predicted molar refractivity (Wildman–Crippen MR) is 56.5 cm³/mol. The Balaban J connectivity index is 3.26. The first kappa shape index (κ1) is 13.8. The first-order chi connectivity index (χ1) is 6.62. The highest BCUT2D eigenvalue weighted by Gasteiger charge is 2.16. The molecule has 0 atom stereocenters. The van der Waals surface area contributed by atoms with Gasteiger partial charge in [0.1, 0.15) is 0 Å². The molecular formula is C10H23NO3. The van der Waals surface area contributed by atoms with E-state index < -0.39 is 0 Å². The van der Waals surface area contributed by atoms with Gasteiger partial charge in [-0.1, -0.05) is 0 Å². The van der Waals surface area contributed by atoms with E-state index in [1.54, 1.807) is 0 Å². The van der Waals surface area contributed by atoms with Gasteiger partial charge >= 0.3 is 0 Å². The Bertz CT molecular complexity index is 129. The average Bonchev–Trinajstić information content (AvgIpc) is 2.11. The lowest BCUT2D eigenvalue weighted by Crippen LogP contribution is -2.39. The van der Waals surface area contributed by atoms with Crippen LogP contribution in [0.1, 0.15) is 20.8 Å². The topological polar surface area (TPSA) is 50.7 Å². The summed E-state index contributed by atoms with van der Waals surface area (Å²) in [4.78, 5) is 0. The summed E-state index contributed by atoms with van der Waals surface area (Å²) >= 11 is 0. The van der Waals surface area contributed by atoms with E-state index in [1.807, 2.05) is 6.92 Å². The Morgan fingerprint density at radius 2 is 2.00 bits per heavy atom. The molecule has 0 aromatic heterocycles. The fourth-order valence-corrected chi connectivity index (χ4v) is 1.14. The van der Waals surface area contributed by atoms with Gasteiger partial charge in [0.05, 0.1) is 25.4 Å². The van der Waals surface area contributed by atoms with Gasteiger partial charge in [-0.2, -0.15) is 0 Å². The van der Waals surface area contributed by atoms with Crippen LogP contribution in [-0.2, 0) is 9.47 Å². The van der Waals surface area contributed by atoms with E-state index in [0.29, 0.717) is 13.2 Å². The largest absolute Gasteiger partial charge is 0.394 e. The maximum Gasteiger partial charge on any atom is 0.0750 e. The number of nitrogens with one attached hydrogen (secondary N) is 1. The zero-order chi connectivity index (χ0) is 10.9. The summed E-state index contributed by atoms with van der Waals surface area (Å²) in [6, 6.07) is 0. The molecule has 0 unspecified atom stereocenters. The maximum absolute atomic E-state index is 8.46. The van der Waals surface area contributed by atoms with Crippen LogP contribution >= 0.6 is 0 Å². The molecule has 0 heterocycles. The number of ether oxygens (including phenoxy) is 2. The molecule has 4 nitrogen and oxygen atoms in total. The molecule has 2 N–H and O–H groups in total. The molecule has 0 rings (SSSR count). The molecule has 0 radical (unpaired) electrons. The molecule has 0 amide bonds. The van der Waals surface area contributed by atoms with Crippen LogP contribution in [0.25, 0.3) is 0 Å². The fraction of sp³-hybridized carbons (Fsp3) is 1.00. The predicted octanol–water partition coefficient (Wildman–Crippen LogP) is 0.400. The lowest BCUT2D eigenvalue weighted by Gasteiger charge is -2.24. The molecule has 0 saturated heterocycles. The molecule has 0 aliphatic rings. The molecule has 0 fully saturated rings. The van der Waals surface area contributed by atoms with E-state index in [9.17, 15) is 0 Å². The van der Waals surface area contributed by atoms with Gasteiger partial charge in [0, 0.05) is 19.7 Å². The maximum atomic E-state index is 8.46. The fourth-order valence-electron chi connectivity index (χ4n) is 1.14. The monoisotopic (exact) mass is 205 g/mol. The highest BCUT2D eigenvalue weighted by atomic mass is 16.5. The van der Waals surface area contributed by atoms with Crippen LogP contribution < -0.4 is 5.32 Å². The highest BCUT2D eigenvalue weighted by Crippen LogP contribution is 2.06. The van der Waals surface area contributed by atoms with Crippen molar-refractivity contribution >= 4 is 0 Å². The molecule has 4 heteroatoms. The summed E-state index contributed by atoms with van der Waals surface area (Å²) in [7, 11) is 0. The van der Waals surface area contributed by atoms with E-state index in [4.69, 9.17) is 14.6 Å². The van der Waals surface area contributed by atoms with Gasteiger partial charge in [-0.05, 0) is 20.8 Å². The second kappa shape index (κ2) is 8.17. The molecule has 0 spiro atoms. The second-order valence-corrected chi connectivity index (χ2v) is 3.71. The molecule has 0 aliphatic carbocycles. The van der Waals surface area contributed by atoms with Crippen molar-refractivity contribution in [2.45, 2.75) is 26.4 Å². The van der Waals surface area contributed by atoms with Crippen molar-refractivity contribution < 1.29 is 14.6 Å². The Kier molecular flexibility index (Phi) is 8.08. The Hall–Kier alpha value is -0.160. The Labute approximate surface area is 86.6 Å². The molecular weight excluding hydrogens is 182 g/mol. The van der Waals surface area contributed by atoms with Crippen LogP contribution in [0.2, 0.25) is 0 Å². The minimum atomic E-state index is -0.119. The van der Waals surface area contributed by atoms with Gasteiger partial charge in [-0.3, -0.25) is 0 Å². The number of aliphatic hydroxyl groups excluding tert-OH is 1. The van der Waals surface area contributed by atoms with Gasteiger partial charge in [-0.15, -0.1) is 0 Å². The first-order valence-corrected chi connectivity index (χ1v) is 5.15. The van der Waals surface area contributed by atoms with E-state index in [1.165, 1.54) is 0 Å². The minimum Gasteiger partial charge on any atom is -0.394 e. The van der Waals surface area contributed by atoms with Crippen molar-refractivity contribution in [1.82, 2.24) is 5.32 Å². The van der Waals surface area contributed by atoms with Crippen LogP contribution in [0.3, 0.4) is 0 Å².